The van der Waals surface area contributed by atoms with E-state index in [1.807, 2.05) is 0 Å². The van der Waals surface area contributed by atoms with Gasteiger partial charge in [-0.3, -0.25) is 9.48 Å². The Morgan fingerprint density at radius 2 is 2.28 bits per heavy atom. The van der Waals surface area contributed by atoms with Crippen LogP contribution in [0.15, 0.2) is 16.8 Å². The van der Waals surface area contributed by atoms with Crippen LogP contribution in [0.4, 0.5) is 5.82 Å². The van der Waals surface area contributed by atoms with Crippen molar-refractivity contribution in [2.75, 3.05) is 5.73 Å². The normalized spacial score (nSPS) is 12.4. The molecule has 18 heavy (non-hydrogen) atoms. The summed E-state index contributed by atoms with van der Waals surface area (Å²) in [6.45, 7) is 3.58. The van der Waals surface area contributed by atoms with E-state index in [0.717, 1.165) is 0 Å². The van der Waals surface area contributed by atoms with E-state index in [9.17, 15) is 4.79 Å². The summed E-state index contributed by atoms with van der Waals surface area (Å²) in [5, 5.41) is 6.66. The molecule has 7 nitrogen and oxygen atoms in total. The number of oxazole rings is 1. The Hall–Kier alpha value is -2.31. The zero-order valence-electron chi connectivity index (χ0n) is 10.5. The molecule has 2 heterocycles. The minimum Gasteiger partial charge on any atom is -0.444 e. The molecule has 0 aromatic carbocycles. The Morgan fingerprint density at radius 1 is 1.56 bits per heavy atom. The number of aryl methyl sites for hydroxylation is 2. The van der Waals surface area contributed by atoms with E-state index in [1.165, 1.54) is 10.9 Å². The van der Waals surface area contributed by atoms with Gasteiger partial charge in [0.1, 0.15) is 23.2 Å². The molecule has 0 aliphatic heterocycles. The highest BCUT2D eigenvalue weighted by atomic mass is 16.4. The summed E-state index contributed by atoms with van der Waals surface area (Å²) in [4.78, 5) is 16.0. The lowest BCUT2D eigenvalue weighted by Gasteiger charge is -2.09. The number of nitrogen functional groups attached to an aromatic ring is 1. The van der Waals surface area contributed by atoms with Gasteiger partial charge in [-0.05, 0) is 13.8 Å². The number of nitrogens with two attached hydrogens (primary N) is 1. The van der Waals surface area contributed by atoms with Crippen LogP contribution in [0.5, 0.6) is 0 Å². The van der Waals surface area contributed by atoms with Crippen molar-refractivity contribution in [3.8, 4) is 0 Å². The maximum Gasteiger partial charge on any atom is 0.257 e. The third-order valence-electron chi connectivity index (χ3n) is 2.59. The second kappa shape index (κ2) is 4.52. The highest BCUT2D eigenvalue weighted by Gasteiger charge is 2.18. The molecule has 0 saturated heterocycles. The van der Waals surface area contributed by atoms with Gasteiger partial charge in [0, 0.05) is 7.05 Å². The second-order valence-corrected chi connectivity index (χ2v) is 4.07. The Labute approximate surface area is 104 Å². The molecule has 3 N–H and O–H groups in total. The first kappa shape index (κ1) is 12.2. The van der Waals surface area contributed by atoms with E-state index in [1.54, 1.807) is 27.1 Å². The minimum absolute atomic E-state index is 0.302. The van der Waals surface area contributed by atoms with Crippen LogP contribution >= 0.6 is 0 Å². The summed E-state index contributed by atoms with van der Waals surface area (Å²) >= 11 is 0. The predicted molar refractivity (Wildman–Crippen MR) is 64.7 cm³/mol. The molecule has 1 unspecified atom stereocenters. The predicted octanol–water partition coefficient (Wildman–Crippen LogP) is 0.790. The SMILES string of the molecule is Cc1cnc(C(C)NC(=O)c2cnn(C)c2N)o1. The first-order valence-electron chi connectivity index (χ1n) is 5.49. The average Bonchev–Trinajstić information content (AvgIpc) is 2.87. The lowest BCUT2D eigenvalue weighted by atomic mass is 10.2. The van der Waals surface area contributed by atoms with Gasteiger partial charge in [0.15, 0.2) is 0 Å². The van der Waals surface area contributed by atoms with Gasteiger partial charge in [-0.15, -0.1) is 0 Å². The Balaban J connectivity index is 2.10. The molecule has 0 fully saturated rings. The molecule has 1 atom stereocenters. The molecule has 1 amide bonds. The lowest BCUT2D eigenvalue weighted by molar-refractivity contribution is 0.0934. The van der Waals surface area contributed by atoms with Gasteiger partial charge in [-0.25, -0.2) is 4.98 Å². The fourth-order valence-corrected chi connectivity index (χ4v) is 1.53. The molecule has 0 aliphatic carbocycles. The number of nitrogens with zero attached hydrogens (tertiary/aromatic N) is 3. The third kappa shape index (κ3) is 2.20. The quantitative estimate of drug-likeness (QED) is 0.837. The van der Waals surface area contributed by atoms with Crippen LogP contribution in [0, 0.1) is 6.92 Å². The van der Waals surface area contributed by atoms with Crippen molar-refractivity contribution >= 4 is 11.7 Å². The molecule has 7 heteroatoms. The van der Waals surface area contributed by atoms with Gasteiger partial charge in [-0.1, -0.05) is 0 Å². The van der Waals surface area contributed by atoms with Gasteiger partial charge in [-0.2, -0.15) is 5.10 Å². The molecule has 0 bridgehead atoms. The van der Waals surface area contributed by atoms with Crippen LogP contribution in [0.25, 0.3) is 0 Å². The van der Waals surface area contributed by atoms with E-state index in [2.05, 4.69) is 15.4 Å². The van der Waals surface area contributed by atoms with Crippen LogP contribution in [0.1, 0.15) is 35.0 Å². The maximum atomic E-state index is 12.0. The number of aromatic nitrogens is 3. The number of carbonyl (C=O) groups is 1. The van der Waals surface area contributed by atoms with E-state index in [-0.39, 0.29) is 11.9 Å². The smallest absolute Gasteiger partial charge is 0.257 e. The Bertz CT molecular complexity index is 572. The summed E-state index contributed by atoms with van der Waals surface area (Å²) in [5.41, 5.74) is 6.06. The zero-order valence-corrected chi connectivity index (χ0v) is 10.5. The van der Waals surface area contributed by atoms with Crippen molar-refractivity contribution in [3.63, 3.8) is 0 Å². The van der Waals surface area contributed by atoms with E-state index in [0.29, 0.717) is 23.0 Å². The lowest BCUT2D eigenvalue weighted by Crippen LogP contribution is -2.27. The van der Waals surface area contributed by atoms with Crippen LogP contribution in [0.2, 0.25) is 0 Å². The van der Waals surface area contributed by atoms with Gasteiger partial charge >= 0.3 is 0 Å². The molecule has 2 aromatic rings. The zero-order chi connectivity index (χ0) is 13.3. The van der Waals surface area contributed by atoms with Crippen molar-refractivity contribution < 1.29 is 9.21 Å². The van der Waals surface area contributed by atoms with E-state index < -0.39 is 0 Å². The summed E-state index contributed by atoms with van der Waals surface area (Å²) < 4.78 is 6.78. The van der Waals surface area contributed by atoms with Gasteiger partial charge in [0.25, 0.3) is 5.91 Å². The first-order chi connectivity index (χ1) is 8.49. The summed E-state index contributed by atoms with van der Waals surface area (Å²) in [6.07, 6.45) is 3.04. The van der Waals surface area contributed by atoms with Crippen molar-refractivity contribution in [3.05, 3.63) is 29.6 Å². The first-order valence-corrected chi connectivity index (χ1v) is 5.49. The number of nitrogens with one attached hydrogen (secondary N) is 1. The molecule has 0 aliphatic rings. The minimum atomic E-state index is -0.328. The van der Waals surface area contributed by atoms with Crippen LogP contribution in [0.3, 0.4) is 0 Å². The van der Waals surface area contributed by atoms with Gasteiger partial charge in [0.05, 0.1) is 12.4 Å². The molecule has 2 aromatic heterocycles. The van der Waals surface area contributed by atoms with Crippen LogP contribution in [-0.4, -0.2) is 20.7 Å². The number of hydrogen-bond acceptors (Lipinski definition) is 5. The topological polar surface area (TPSA) is 99.0 Å². The molecule has 0 radical (unpaired) electrons. The van der Waals surface area contributed by atoms with Crippen LogP contribution in [-0.2, 0) is 7.05 Å². The molecule has 0 saturated carbocycles. The standard InChI is InChI=1S/C11H15N5O2/c1-6-4-13-11(18-6)7(2)15-10(17)8-5-14-16(3)9(8)12/h4-5,7H,12H2,1-3H3,(H,15,17). The average molecular weight is 249 g/mol. The second-order valence-electron chi connectivity index (χ2n) is 4.07. The number of carbonyl (C=O) groups excluding carboxylic acids is 1. The van der Waals surface area contributed by atoms with Crippen molar-refractivity contribution in [1.82, 2.24) is 20.1 Å². The molecule has 0 spiro atoms. The van der Waals surface area contributed by atoms with Crippen LogP contribution < -0.4 is 11.1 Å². The van der Waals surface area contributed by atoms with E-state index >= 15 is 0 Å². The summed E-state index contributed by atoms with van der Waals surface area (Å²) in [7, 11) is 1.67. The molecule has 96 valence electrons. The maximum absolute atomic E-state index is 12.0. The molecular formula is C11H15N5O2. The highest BCUT2D eigenvalue weighted by molar-refractivity contribution is 5.98. The van der Waals surface area contributed by atoms with E-state index in [4.69, 9.17) is 10.2 Å². The highest BCUT2D eigenvalue weighted by Crippen LogP contribution is 2.15. The van der Waals surface area contributed by atoms with Crippen molar-refractivity contribution in [2.45, 2.75) is 19.9 Å². The third-order valence-corrected chi connectivity index (χ3v) is 2.59. The molecule has 2 rings (SSSR count). The largest absolute Gasteiger partial charge is 0.444 e. The molecular weight excluding hydrogens is 234 g/mol. The fourth-order valence-electron chi connectivity index (χ4n) is 1.53. The van der Waals surface area contributed by atoms with Gasteiger partial charge in [0.2, 0.25) is 5.89 Å². The monoisotopic (exact) mass is 249 g/mol. The summed E-state index contributed by atoms with van der Waals surface area (Å²) in [6, 6.07) is -0.328. The van der Waals surface area contributed by atoms with Crippen molar-refractivity contribution in [1.29, 1.82) is 0 Å². The Kier molecular flexibility index (Phi) is 3.05. The fraction of sp³-hybridized carbons (Fsp3) is 0.364. The number of amides is 1. The summed E-state index contributed by atoms with van der Waals surface area (Å²) in [5.74, 6) is 1.18. The number of rotatable bonds is 3. The number of hydrogen-bond donors (Lipinski definition) is 2. The van der Waals surface area contributed by atoms with Crippen molar-refractivity contribution in [2.24, 2.45) is 7.05 Å². The van der Waals surface area contributed by atoms with Gasteiger partial charge < -0.3 is 15.5 Å². The number of anilines is 1. The Morgan fingerprint density at radius 3 is 2.78 bits per heavy atom.